The molecule has 1 amide bonds. The molecule has 0 radical (unpaired) electrons. The summed E-state index contributed by atoms with van der Waals surface area (Å²) in [6.07, 6.45) is 1.06. The SMILES string of the molecule is CCONC(=O)CCC(C)(C)N. The number of hydrogen-bond acceptors (Lipinski definition) is 3. The Balaban J connectivity index is 3.44. The van der Waals surface area contributed by atoms with Gasteiger partial charge < -0.3 is 5.73 Å². The van der Waals surface area contributed by atoms with Gasteiger partial charge in [0.1, 0.15) is 0 Å². The average Bonchev–Trinajstić information content (AvgIpc) is 1.95. The molecule has 0 spiro atoms. The Bertz CT molecular complexity index is 140. The van der Waals surface area contributed by atoms with Crippen molar-refractivity contribution in [3.8, 4) is 0 Å². The summed E-state index contributed by atoms with van der Waals surface area (Å²) in [4.78, 5) is 15.7. The van der Waals surface area contributed by atoms with Crippen molar-refractivity contribution in [3.05, 3.63) is 0 Å². The van der Waals surface area contributed by atoms with Crippen LogP contribution in [-0.2, 0) is 9.63 Å². The van der Waals surface area contributed by atoms with Crippen molar-refractivity contribution >= 4 is 5.91 Å². The zero-order chi connectivity index (χ0) is 9.61. The van der Waals surface area contributed by atoms with Gasteiger partial charge in [-0.05, 0) is 27.2 Å². The maximum Gasteiger partial charge on any atom is 0.243 e. The molecule has 0 aromatic rings. The lowest BCUT2D eigenvalue weighted by Gasteiger charge is -2.17. The Morgan fingerprint density at radius 3 is 2.58 bits per heavy atom. The minimum Gasteiger partial charge on any atom is -0.326 e. The van der Waals surface area contributed by atoms with Gasteiger partial charge in [0, 0.05) is 12.0 Å². The summed E-state index contributed by atoms with van der Waals surface area (Å²) in [5.74, 6) is -0.115. The van der Waals surface area contributed by atoms with Gasteiger partial charge in [-0.25, -0.2) is 5.48 Å². The van der Waals surface area contributed by atoms with E-state index in [1.807, 2.05) is 20.8 Å². The van der Waals surface area contributed by atoms with Crippen LogP contribution in [-0.4, -0.2) is 18.1 Å². The molecular weight excluding hydrogens is 156 g/mol. The van der Waals surface area contributed by atoms with Crippen molar-refractivity contribution in [2.24, 2.45) is 5.73 Å². The van der Waals surface area contributed by atoms with E-state index in [0.717, 1.165) is 0 Å². The van der Waals surface area contributed by atoms with Crippen LogP contribution in [0, 0.1) is 0 Å². The Morgan fingerprint density at radius 2 is 2.17 bits per heavy atom. The summed E-state index contributed by atoms with van der Waals surface area (Å²) in [7, 11) is 0. The number of amides is 1. The first-order chi connectivity index (χ1) is 5.45. The van der Waals surface area contributed by atoms with Crippen LogP contribution in [0.3, 0.4) is 0 Å². The van der Waals surface area contributed by atoms with Crippen molar-refractivity contribution in [2.45, 2.75) is 39.2 Å². The summed E-state index contributed by atoms with van der Waals surface area (Å²) in [6.45, 7) is 6.08. The van der Waals surface area contributed by atoms with E-state index < -0.39 is 0 Å². The fourth-order valence-corrected chi connectivity index (χ4v) is 0.639. The second-order valence-corrected chi connectivity index (χ2v) is 3.45. The van der Waals surface area contributed by atoms with Crippen molar-refractivity contribution in [2.75, 3.05) is 6.61 Å². The maximum atomic E-state index is 11.0. The molecule has 12 heavy (non-hydrogen) atoms. The second kappa shape index (κ2) is 5.11. The van der Waals surface area contributed by atoms with E-state index in [9.17, 15) is 4.79 Å². The van der Waals surface area contributed by atoms with Crippen molar-refractivity contribution in [3.63, 3.8) is 0 Å². The molecule has 0 aromatic carbocycles. The summed E-state index contributed by atoms with van der Waals surface area (Å²) >= 11 is 0. The van der Waals surface area contributed by atoms with Gasteiger partial charge in [-0.1, -0.05) is 0 Å². The molecule has 3 N–H and O–H groups in total. The molecular formula is C8H18N2O2. The lowest BCUT2D eigenvalue weighted by molar-refractivity contribution is -0.133. The number of hydroxylamine groups is 1. The molecule has 0 heterocycles. The normalized spacial score (nSPS) is 11.3. The molecule has 0 saturated heterocycles. The Labute approximate surface area is 73.4 Å². The van der Waals surface area contributed by atoms with E-state index in [0.29, 0.717) is 19.4 Å². The van der Waals surface area contributed by atoms with Gasteiger partial charge in [-0.2, -0.15) is 0 Å². The minimum atomic E-state index is -0.288. The summed E-state index contributed by atoms with van der Waals surface area (Å²) in [6, 6.07) is 0. The van der Waals surface area contributed by atoms with E-state index in [1.54, 1.807) is 0 Å². The Morgan fingerprint density at radius 1 is 1.58 bits per heavy atom. The van der Waals surface area contributed by atoms with Gasteiger partial charge in [0.2, 0.25) is 5.91 Å². The van der Waals surface area contributed by atoms with Crippen molar-refractivity contribution < 1.29 is 9.63 Å². The van der Waals surface area contributed by atoms with Gasteiger partial charge in [-0.3, -0.25) is 9.63 Å². The molecule has 0 fully saturated rings. The van der Waals surface area contributed by atoms with E-state index in [4.69, 9.17) is 10.6 Å². The topological polar surface area (TPSA) is 64.3 Å². The van der Waals surface area contributed by atoms with E-state index in [1.165, 1.54) is 0 Å². The van der Waals surface area contributed by atoms with Crippen LogP contribution in [0.15, 0.2) is 0 Å². The predicted molar refractivity (Wildman–Crippen MR) is 47.3 cm³/mol. The van der Waals surface area contributed by atoms with Gasteiger partial charge in [0.05, 0.1) is 6.61 Å². The van der Waals surface area contributed by atoms with Crippen LogP contribution in [0.4, 0.5) is 0 Å². The molecule has 0 atom stereocenters. The largest absolute Gasteiger partial charge is 0.326 e. The van der Waals surface area contributed by atoms with Crippen molar-refractivity contribution in [1.82, 2.24) is 5.48 Å². The monoisotopic (exact) mass is 174 g/mol. The summed E-state index contributed by atoms with van der Waals surface area (Å²) < 4.78 is 0. The quantitative estimate of drug-likeness (QED) is 0.599. The highest BCUT2D eigenvalue weighted by Crippen LogP contribution is 2.06. The van der Waals surface area contributed by atoms with Crippen LogP contribution in [0.2, 0.25) is 0 Å². The molecule has 0 aromatic heterocycles. The number of carbonyl (C=O) groups excluding carboxylic acids is 1. The highest BCUT2D eigenvalue weighted by atomic mass is 16.6. The third kappa shape index (κ3) is 7.50. The molecule has 0 bridgehead atoms. The fraction of sp³-hybridized carbons (Fsp3) is 0.875. The minimum absolute atomic E-state index is 0.115. The predicted octanol–water partition coefficient (Wildman–Crippen LogP) is 0.572. The first kappa shape index (κ1) is 11.4. The van der Waals surface area contributed by atoms with Crippen LogP contribution >= 0.6 is 0 Å². The lowest BCUT2D eigenvalue weighted by Crippen LogP contribution is -2.34. The molecule has 4 nitrogen and oxygen atoms in total. The van der Waals surface area contributed by atoms with Crippen LogP contribution < -0.4 is 11.2 Å². The summed E-state index contributed by atoms with van der Waals surface area (Å²) in [5.41, 5.74) is 7.71. The van der Waals surface area contributed by atoms with Gasteiger partial charge >= 0.3 is 0 Å². The molecule has 4 heteroatoms. The number of hydrogen-bond donors (Lipinski definition) is 2. The van der Waals surface area contributed by atoms with Crippen LogP contribution in [0.5, 0.6) is 0 Å². The third-order valence-corrected chi connectivity index (χ3v) is 1.33. The van der Waals surface area contributed by atoms with Gasteiger partial charge in [-0.15, -0.1) is 0 Å². The first-order valence-corrected chi connectivity index (χ1v) is 4.15. The van der Waals surface area contributed by atoms with E-state index >= 15 is 0 Å². The second-order valence-electron chi connectivity index (χ2n) is 3.45. The molecule has 72 valence electrons. The zero-order valence-corrected chi connectivity index (χ0v) is 8.02. The number of rotatable bonds is 5. The Kier molecular flexibility index (Phi) is 4.85. The fourth-order valence-electron chi connectivity index (χ4n) is 0.639. The number of nitrogens with one attached hydrogen (secondary N) is 1. The molecule has 0 unspecified atom stereocenters. The van der Waals surface area contributed by atoms with Crippen molar-refractivity contribution in [1.29, 1.82) is 0 Å². The number of carbonyl (C=O) groups is 1. The van der Waals surface area contributed by atoms with E-state index in [-0.39, 0.29) is 11.4 Å². The van der Waals surface area contributed by atoms with E-state index in [2.05, 4.69) is 5.48 Å². The smallest absolute Gasteiger partial charge is 0.243 e. The maximum absolute atomic E-state index is 11.0. The number of nitrogens with two attached hydrogens (primary N) is 1. The highest BCUT2D eigenvalue weighted by molar-refractivity contribution is 5.74. The first-order valence-electron chi connectivity index (χ1n) is 4.15. The molecule has 0 aliphatic rings. The molecule has 0 rings (SSSR count). The summed E-state index contributed by atoms with van der Waals surface area (Å²) in [5, 5.41) is 0. The molecule has 0 aliphatic heterocycles. The molecule has 0 aliphatic carbocycles. The van der Waals surface area contributed by atoms with Crippen LogP contribution in [0.1, 0.15) is 33.6 Å². The van der Waals surface area contributed by atoms with Gasteiger partial charge in [0.25, 0.3) is 0 Å². The zero-order valence-electron chi connectivity index (χ0n) is 8.02. The third-order valence-electron chi connectivity index (χ3n) is 1.33. The standard InChI is InChI=1S/C8H18N2O2/c1-4-12-10-7(11)5-6-8(2,3)9/h4-6,9H2,1-3H3,(H,10,11). The van der Waals surface area contributed by atoms with Crippen LogP contribution in [0.25, 0.3) is 0 Å². The average molecular weight is 174 g/mol. The lowest BCUT2D eigenvalue weighted by atomic mass is 10.0. The molecule has 0 saturated carbocycles. The highest BCUT2D eigenvalue weighted by Gasteiger charge is 2.12. The van der Waals surface area contributed by atoms with Gasteiger partial charge in [0.15, 0.2) is 0 Å². The Hall–Kier alpha value is -0.610.